The van der Waals surface area contributed by atoms with E-state index < -0.39 is 22.1 Å². The highest BCUT2D eigenvalue weighted by atomic mass is 32.2. The Bertz CT molecular complexity index is 607. The van der Waals surface area contributed by atoms with Crippen LogP contribution in [-0.2, 0) is 16.6 Å². The molecule has 7 nitrogen and oxygen atoms in total. The molecule has 0 aromatic carbocycles. The van der Waals surface area contributed by atoms with E-state index in [4.69, 9.17) is 5.11 Å². The quantitative estimate of drug-likeness (QED) is 0.817. The van der Waals surface area contributed by atoms with Crippen molar-refractivity contribution in [2.45, 2.75) is 37.3 Å². The lowest BCUT2D eigenvalue weighted by molar-refractivity contribution is 0.0685. The molecule has 2 heterocycles. The van der Waals surface area contributed by atoms with Crippen LogP contribution in [0.1, 0.15) is 30.3 Å². The third-order valence-corrected chi connectivity index (χ3v) is 5.15. The Hall–Kier alpha value is -1.38. The van der Waals surface area contributed by atoms with Crippen molar-refractivity contribution in [1.82, 2.24) is 8.87 Å². The fraction of sp³-hybridized carbons (Fsp3) is 0.583. The molecule has 1 fully saturated rings. The fourth-order valence-corrected chi connectivity index (χ4v) is 3.84. The normalized spacial score (nSPS) is 20.4. The SMILES string of the molecule is CCCn1cc(S(=O)(=O)N2CC[C@@H](O)C2)cc1C(=O)O. The molecule has 0 amide bonds. The number of sulfonamides is 1. The first-order valence-electron chi connectivity index (χ1n) is 6.48. The van der Waals surface area contributed by atoms with Gasteiger partial charge in [0, 0.05) is 25.8 Å². The summed E-state index contributed by atoms with van der Waals surface area (Å²) >= 11 is 0. The summed E-state index contributed by atoms with van der Waals surface area (Å²) in [6.45, 7) is 2.64. The van der Waals surface area contributed by atoms with Crippen LogP contribution in [0.25, 0.3) is 0 Å². The lowest BCUT2D eigenvalue weighted by Crippen LogP contribution is -2.29. The summed E-state index contributed by atoms with van der Waals surface area (Å²) in [6.07, 6.45) is 1.81. The molecule has 1 aromatic heterocycles. The minimum Gasteiger partial charge on any atom is -0.477 e. The number of aromatic carboxylic acids is 1. The molecule has 2 rings (SSSR count). The molecule has 8 heteroatoms. The second-order valence-corrected chi connectivity index (χ2v) is 6.80. The predicted octanol–water partition coefficient (Wildman–Crippen LogP) is 0.352. The molecule has 20 heavy (non-hydrogen) atoms. The first kappa shape index (κ1) is 15.0. The van der Waals surface area contributed by atoms with Gasteiger partial charge in [-0.05, 0) is 18.9 Å². The van der Waals surface area contributed by atoms with Crippen molar-refractivity contribution in [3.8, 4) is 0 Å². The number of nitrogens with zero attached hydrogens (tertiary/aromatic N) is 2. The van der Waals surface area contributed by atoms with Crippen molar-refractivity contribution < 1.29 is 23.4 Å². The van der Waals surface area contributed by atoms with Crippen LogP contribution < -0.4 is 0 Å². The van der Waals surface area contributed by atoms with Gasteiger partial charge in [-0.2, -0.15) is 4.31 Å². The highest BCUT2D eigenvalue weighted by Crippen LogP contribution is 2.23. The Balaban J connectivity index is 2.37. The van der Waals surface area contributed by atoms with Gasteiger partial charge in [0.15, 0.2) is 0 Å². The Morgan fingerprint density at radius 2 is 2.20 bits per heavy atom. The van der Waals surface area contributed by atoms with Crippen molar-refractivity contribution in [3.05, 3.63) is 18.0 Å². The summed E-state index contributed by atoms with van der Waals surface area (Å²) < 4.78 is 27.4. The molecular weight excluding hydrogens is 284 g/mol. The van der Waals surface area contributed by atoms with Gasteiger partial charge in [-0.3, -0.25) is 0 Å². The fourth-order valence-electron chi connectivity index (χ4n) is 2.31. The minimum atomic E-state index is -3.74. The molecule has 1 aromatic rings. The predicted molar refractivity (Wildman–Crippen MR) is 71.1 cm³/mol. The van der Waals surface area contributed by atoms with E-state index >= 15 is 0 Å². The molecule has 112 valence electrons. The average molecular weight is 302 g/mol. The average Bonchev–Trinajstić information content (AvgIpc) is 2.96. The molecule has 0 unspecified atom stereocenters. The smallest absolute Gasteiger partial charge is 0.352 e. The van der Waals surface area contributed by atoms with Crippen molar-refractivity contribution in [2.24, 2.45) is 0 Å². The van der Waals surface area contributed by atoms with Crippen molar-refractivity contribution in [3.63, 3.8) is 0 Å². The van der Waals surface area contributed by atoms with Gasteiger partial charge in [-0.1, -0.05) is 6.92 Å². The van der Waals surface area contributed by atoms with E-state index in [1.807, 2.05) is 6.92 Å². The van der Waals surface area contributed by atoms with Crippen LogP contribution in [0.2, 0.25) is 0 Å². The van der Waals surface area contributed by atoms with Crippen molar-refractivity contribution in [2.75, 3.05) is 13.1 Å². The van der Waals surface area contributed by atoms with Gasteiger partial charge in [0.1, 0.15) is 10.6 Å². The Morgan fingerprint density at radius 1 is 1.50 bits per heavy atom. The van der Waals surface area contributed by atoms with Gasteiger partial charge in [0.05, 0.1) is 6.10 Å². The molecule has 0 saturated carbocycles. The maximum absolute atomic E-state index is 12.4. The minimum absolute atomic E-state index is 0.0301. The van der Waals surface area contributed by atoms with Crippen LogP contribution in [0.4, 0.5) is 0 Å². The van der Waals surface area contributed by atoms with Gasteiger partial charge in [0.25, 0.3) is 0 Å². The van der Waals surface area contributed by atoms with Gasteiger partial charge >= 0.3 is 5.97 Å². The molecule has 1 aliphatic heterocycles. The third kappa shape index (κ3) is 2.72. The molecule has 0 radical (unpaired) electrons. The number of hydrogen-bond donors (Lipinski definition) is 2. The van der Waals surface area contributed by atoms with E-state index in [9.17, 15) is 18.3 Å². The Morgan fingerprint density at radius 3 is 2.70 bits per heavy atom. The number of hydrogen-bond acceptors (Lipinski definition) is 4. The third-order valence-electron chi connectivity index (χ3n) is 3.32. The van der Waals surface area contributed by atoms with Crippen molar-refractivity contribution >= 4 is 16.0 Å². The van der Waals surface area contributed by atoms with Crippen LogP contribution in [0.5, 0.6) is 0 Å². The highest BCUT2D eigenvalue weighted by molar-refractivity contribution is 7.89. The summed E-state index contributed by atoms with van der Waals surface area (Å²) in [6, 6.07) is 1.18. The Kier molecular flexibility index (Phi) is 4.17. The number of carbonyl (C=O) groups is 1. The van der Waals surface area contributed by atoms with E-state index in [1.54, 1.807) is 0 Å². The van der Waals surface area contributed by atoms with Crippen LogP contribution in [0, 0.1) is 0 Å². The molecule has 2 N–H and O–H groups in total. The number of carboxylic acids is 1. The standard InChI is InChI=1S/C12H18N2O5S/c1-2-4-13-8-10(6-11(13)12(16)17)20(18,19)14-5-3-9(15)7-14/h6,8-9,15H,2-5,7H2,1H3,(H,16,17)/t9-/m1/s1. The molecule has 1 saturated heterocycles. The largest absolute Gasteiger partial charge is 0.477 e. The second-order valence-electron chi connectivity index (χ2n) is 4.87. The summed E-state index contributed by atoms with van der Waals surface area (Å²) in [5.74, 6) is -1.15. The lowest BCUT2D eigenvalue weighted by Gasteiger charge is -2.14. The molecule has 1 atom stereocenters. The number of aryl methyl sites for hydroxylation is 1. The summed E-state index contributed by atoms with van der Waals surface area (Å²) in [5.41, 5.74) is -0.0369. The highest BCUT2D eigenvalue weighted by Gasteiger charge is 2.33. The van der Waals surface area contributed by atoms with Gasteiger partial charge in [-0.15, -0.1) is 0 Å². The lowest BCUT2D eigenvalue weighted by atomic mass is 10.3. The second kappa shape index (κ2) is 5.55. The zero-order chi connectivity index (χ0) is 14.9. The summed E-state index contributed by atoms with van der Waals surface area (Å²) in [5, 5.41) is 18.5. The zero-order valence-electron chi connectivity index (χ0n) is 11.2. The van der Waals surface area contributed by atoms with Gasteiger partial charge < -0.3 is 14.8 Å². The van der Waals surface area contributed by atoms with Gasteiger partial charge in [-0.25, -0.2) is 13.2 Å². The molecule has 0 aliphatic carbocycles. The first-order valence-corrected chi connectivity index (χ1v) is 7.92. The number of carboxylic acid groups (broad SMARTS) is 1. The first-order chi connectivity index (χ1) is 9.36. The Labute approximate surface area is 117 Å². The molecular formula is C12H18N2O5S. The maximum Gasteiger partial charge on any atom is 0.352 e. The van der Waals surface area contributed by atoms with E-state index in [0.29, 0.717) is 19.4 Å². The topological polar surface area (TPSA) is 99.8 Å². The zero-order valence-corrected chi connectivity index (χ0v) is 12.0. The number of aromatic nitrogens is 1. The van der Waals surface area contributed by atoms with Crippen LogP contribution in [0.3, 0.4) is 0 Å². The van der Waals surface area contributed by atoms with Crippen LogP contribution in [-0.4, -0.2) is 52.7 Å². The number of aliphatic hydroxyl groups is 1. The number of rotatable bonds is 5. The van der Waals surface area contributed by atoms with Crippen molar-refractivity contribution in [1.29, 1.82) is 0 Å². The van der Waals surface area contributed by atoms with E-state index in [-0.39, 0.29) is 23.7 Å². The van der Waals surface area contributed by atoms with E-state index in [1.165, 1.54) is 21.1 Å². The van der Waals surface area contributed by atoms with Gasteiger partial charge in [0.2, 0.25) is 10.0 Å². The summed E-state index contributed by atoms with van der Waals surface area (Å²) in [7, 11) is -3.74. The van der Waals surface area contributed by atoms with Crippen LogP contribution >= 0.6 is 0 Å². The monoisotopic (exact) mass is 302 g/mol. The maximum atomic E-state index is 12.4. The molecule has 0 spiro atoms. The van der Waals surface area contributed by atoms with Crippen LogP contribution in [0.15, 0.2) is 17.2 Å². The van der Waals surface area contributed by atoms with E-state index in [2.05, 4.69) is 0 Å². The number of β-amino-alcohol motifs (C(OH)–C–C–N with tert-alkyl or cyclic N) is 1. The van der Waals surface area contributed by atoms with E-state index in [0.717, 1.165) is 0 Å². The molecule has 0 bridgehead atoms. The summed E-state index contributed by atoms with van der Waals surface area (Å²) in [4.78, 5) is 11.1. The molecule has 1 aliphatic rings. The number of aliphatic hydroxyl groups excluding tert-OH is 1.